The van der Waals surface area contributed by atoms with E-state index in [1.54, 1.807) is 0 Å². The first-order chi connectivity index (χ1) is 31.3. The summed E-state index contributed by atoms with van der Waals surface area (Å²) in [5, 5.41) is 5.11. The Labute approximate surface area is 365 Å². The highest BCUT2D eigenvalue weighted by molar-refractivity contribution is 6.26. The number of hydrogen-bond donors (Lipinski definition) is 0. The summed E-state index contributed by atoms with van der Waals surface area (Å²) < 4.78 is 4.99. The normalized spacial score (nSPS) is 13.2. The zero-order chi connectivity index (χ0) is 41.2. The van der Waals surface area contributed by atoms with Gasteiger partial charge < -0.3 is 9.13 Å². The summed E-state index contributed by atoms with van der Waals surface area (Å²) in [6, 6.07) is 85.7. The topological polar surface area (TPSA) is 9.86 Å². The number of benzene rings is 10. The van der Waals surface area contributed by atoms with Gasteiger partial charge in [0, 0.05) is 32.9 Å². The number of aromatic nitrogens is 2. The van der Waals surface area contributed by atoms with Crippen molar-refractivity contribution >= 4 is 43.6 Å². The second-order valence-electron chi connectivity index (χ2n) is 17.1. The minimum Gasteiger partial charge on any atom is -0.309 e. The third-order valence-electron chi connectivity index (χ3n) is 14.1. The Bertz CT molecular complexity index is 3590. The van der Waals surface area contributed by atoms with Gasteiger partial charge in [-0.05, 0) is 115 Å². The van der Waals surface area contributed by atoms with Gasteiger partial charge in [-0.15, -0.1) is 0 Å². The number of hydrogen-bond acceptors (Lipinski definition) is 0. The van der Waals surface area contributed by atoms with Crippen molar-refractivity contribution < 1.29 is 0 Å². The molecule has 0 saturated heterocycles. The maximum absolute atomic E-state index is 2.50. The van der Waals surface area contributed by atoms with Gasteiger partial charge in [-0.25, -0.2) is 0 Å². The van der Waals surface area contributed by atoms with Gasteiger partial charge in [-0.2, -0.15) is 0 Å². The number of para-hydroxylation sites is 2. The minimum absolute atomic E-state index is 0.507. The quantitative estimate of drug-likeness (QED) is 0.168. The monoisotopic (exact) mass is 798 g/mol. The first kappa shape index (κ1) is 34.5. The van der Waals surface area contributed by atoms with Crippen LogP contribution < -0.4 is 0 Å². The molecular weight excluding hydrogens is 761 g/mol. The molecule has 2 aromatic heterocycles. The van der Waals surface area contributed by atoms with Crippen LogP contribution in [0.1, 0.15) is 22.3 Å². The van der Waals surface area contributed by atoms with E-state index >= 15 is 0 Å². The average molecular weight is 799 g/mol. The maximum atomic E-state index is 2.50. The summed E-state index contributed by atoms with van der Waals surface area (Å²) in [7, 11) is 0. The summed E-state index contributed by atoms with van der Waals surface area (Å²) in [6.45, 7) is 0. The Hall–Kier alpha value is -8.20. The first-order valence-electron chi connectivity index (χ1n) is 21.9. The lowest BCUT2D eigenvalue weighted by Crippen LogP contribution is -2.25. The van der Waals surface area contributed by atoms with E-state index in [0.717, 1.165) is 11.4 Å². The van der Waals surface area contributed by atoms with Crippen LogP contribution in [-0.4, -0.2) is 9.13 Å². The lowest BCUT2D eigenvalue weighted by molar-refractivity contribution is 0.795. The summed E-state index contributed by atoms with van der Waals surface area (Å²) in [5.74, 6) is 0. The molecule has 10 aromatic carbocycles. The summed E-state index contributed by atoms with van der Waals surface area (Å²) >= 11 is 0. The molecule has 1 spiro atoms. The smallest absolute Gasteiger partial charge is 0.0726 e. The first-order valence-corrected chi connectivity index (χ1v) is 21.9. The molecule has 292 valence electrons. The van der Waals surface area contributed by atoms with Crippen molar-refractivity contribution in [2.75, 3.05) is 0 Å². The Morgan fingerprint density at radius 2 is 0.667 bits per heavy atom. The SMILES string of the molecule is c1ccc(-c2cccc(-n3c4ccccc4c4c5c(ccc43)C3(c4ccccc4-c4ccccc43)c3ccc4c(c3-5)c3ccccc3n4-c3cccc(-c4ccccc4)c3)c2)cc1. The van der Waals surface area contributed by atoms with E-state index < -0.39 is 5.41 Å². The second-order valence-corrected chi connectivity index (χ2v) is 17.1. The second kappa shape index (κ2) is 12.9. The molecule has 2 nitrogen and oxygen atoms in total. The Morgan fingerprint density at radius 1 is 0.270 bits per heavy atom. The molecule has 12 aromatic rings. The molecule has 0 saturated carbocycles. The number of fused-ring (bicyclic) bond motifs is 18. The largest absolute Gasteiger partial charge is 0.309 e. The van der Waals surface area contributed by atoms with E-state index in [1.807, 2.05) is 0 Å². The standard InChI is InChI=1S/C61H38N2/c1-3-17-39(18-4-1)41-21-15-23-43(37-41)62-53-31-13-9-27-47(53)57-55(62)35-33-51-59(57)60-52(61(51)49-29-11-7-25-45(49)46-26-8-12-30-50(46)61)34-36-56-58(60)48-28-10-14-32-54(48)63(56)44-24-16-22-42(38-44)40-19-5-2-6-20-40/h1-38H. The van der Waals surface area contributed by atoms with Gasteiger partial charge >= 0.3 is 0 Å². The van der Waals surface area contributed by atoms with Crippen LogP contribution in [0.2, 0.25) is 0 Å². The van der Waals surface area contributed by atoms with E-state index in [2.05, 4.69) is 240 Å². The highest BCUT2D eigenvalue weighted by atomic mass is 15.0. The molecule has 63 heavy (non-hydrogen) atoms. The predicted molar refractivity (Wildman–Crippen MR) is 262 cm³/mol. The molecule has 0 bridgehead atoms. The molecule has 0 aliphatic heterocycles. The van der Waals surface area contributed by atoms with Gasteiger partial charge in [-0.1, -0.05) is 182 Å². The van der Waals surface area contributed by atoms with Crippen molar-refractivity contribution in [3.8, 4) is 55.9 Å². The van der Waals surface area contributed by atoms with Crippen molar-refractivity contribution in [3.05, 3.63) is 253 Å². The van der Waals surface area contributed by atoms with Gasteiger partial charge in [-0.3, -0.25) is 0 Å². The van der Waals surface area contributed by atoms with Crippen molar-refractivity contribution in [3.63, 3.8) is 0 Å². The third kappa shape index (κ3) is 4.57. The maximum Gasteiger partial charge on any atom is 0.0726 e. The van der Waals surface area contributed by atoms with Gasteiger partial charge in [0.05, 0.1) is 27.5 Å². The van der Waals surface area contributed by atoms with Crippen LogP contribution in [0, 0.1) is 0 Å². The zero-order valence-corrected chi connectivity index (χ0v) is 34.3. The van der Waals surface area contributed by atoms with Crippen LogP contribution >= 0.6 is 0 Å². The van der Waals surface area contributed by atoms with Gasteiger partial charge in [0.1, 0.15) is 0 Å². The molecule has 0 N–H and O–H groups in total. The van der Waals surface area contributed by atoms with Crippen molar-refractivity contribution in [2.24, 2.45) is 0 Å². The fraction of sp³-hybridized carbons (Fsp3) is 0.0164. The molecule has 0 unspecified atom stereocenters. The molecule has 2 heterocycles. The van der Waals surface area contributed by atoms with Crippen molar-refractivity contribution in [2.45, 2.75) is 5.41 Å². The van der Waals surface area contributed by atoms with Gasteiger partial charge in [0.25, 0.3) is 0 Å². The van der Waals surface area contributed by atoms with Crippen LogP contribution in [0.15, 0.2) is 231 Å². The Balaban J connectivity index is 1.15. The molecule has 0 fully saturated rings. The highest BCUT2D eigenvalue weighted by Gasteiger charge is 2.53. The van der Waals surface area contributed by atoms with E-state index in [4.69, 9.17) is 0 Å². The highest BCUT2D eigenvalue weighted by Crippen LogP contribution is 2.66. The molecule has 0 amide bonds. The van der Waals surface area contributed by atoms with Crippen LogP contribution in [0.3, 0.4) is 0 Å². The summed E-state index contributed by atoms with van der Waals surface area (Å²) in [4.78, 5) is 0. The van der Waals surface area contributed by atoms with Crippen LogP contribution in [-0.2, 0) is 5.41 Å². The molecular formula is C61H38N2. The van der Waals surface area contributed by atoms with Crippen molar-refractivity contribution in [1.29, 1.82) is 0 Å². The minimum atomic E-state index is -0.507. The number of rotatable bonds is 4. The van der Waals surface area contributed by atoms with Crippen molar-refractivity contribution in [1.82, 2.24) is 9.13 Å². The van der Waals surface area contributed by atoms with E-state index in [0.29, 0.717) is 0 Å². The average Bonchev–Trinajstić information content (AvgIpc) is 4.06. The Morgan fingerprint density at radius 3 is 1.14 bits per heavy atom. The lowest BCUT2D eigenvalue weighted by Gasteiger charge is -2.30. The molecule has 14 rings (SSSR count). The van der Waals surface area contributed by atoms with Crippen LogP contribution in [0.25, 0.3) is 99.5 Å². The van der Waals surface area contributed by atoms with Gasteiger partial charge in [0.15, 0.2) is 0 Å². The molecule has 0 radical (unpaired) electrons. The van der Waals surface area contributed by atoms with Crippen LogP contribution in [0.4, 0.5) is 0 Å². The molecule has 2 heteroatoms. The number of nitrogens with zero attached hydrogens (tertiary/aromatic N) is 2. The summed E-state index contributed by atoms with van der Waals surface area (Å²) in [5.41, 5.74) is 22.1. The predicted octanol–water partition coefficient (Wildman–Crippen LogP) is 15.6. The Kier molecular flexibility index (Phi) is 7.07. The van der Waals surface area contributed by atoms with E-state index in [9.17, 15) is 0 Å². The molecule has 2 aliphatic rings. The zero-order valence-electron chi connectivity index (χ0n) is 34.3. The molecule has 0 atom stereocenters. The fourth-order valence-electron chi connectivity index (χ4n) is 11.7. The van der Waals surface area contributed by atoms with Crippen LogP contribution in [0.5, 0.6) is 0 Å². The van der Waals surface area contributed by atoms with Gasteiger partial charge in [0.2, 0.25) is 0 Å². The lowest BCUT2D eigenvalue weighted by atomic mass is 9.70. The fourth-order valence-corrected chi connectivity index (χ4v) is 11.7. The third-order valence-corrected chi connectivity index (χ3v) is 14.1. The van der Waals surface area contributed by atoms with E-state index in [1.165, 1.54) is 110 Å². The van der Waals surface area contributed by atoms with E-state index in [-0.39, 0.29) is 0 Å². The molecule has 2 aliphatic carbocycles. The summed E-state index contributed by atoms with van der Waals surface area (Å²) in [6.07, 6.45) is 0.